The number of nitrogens with zero attached hydrogens (tertiary/aromatic N) is 1. The Morgan fingerprint density at radius 1 is 1.08 bits per heavy atom. The Morgan fingerprint density at radius 3 is 2.42 bits per heavy atom. The van der Waals surface area contributed by atoms with Gasteiger partial charge in [0, 0.05) is 19.0 Å². The van der Waals surface area contributed by atoms with Gasteiger partial charge in [0.15, 0.2) is 11.5 Å². The van der Waals surface area contributed by atoms with Gasteiger partial charge in [0.1, 0.15) is 5.82 Å². The molecule has 0 aromatic heterocycles. The number of rotatable bonds is 2. The minimum atomic E-state index is -3.70. The van der Waals surface area contributed by atoms with Crippen LogP contribution >= 0.6 is 0 Å². The molecule has 2 aromatic carbocycles. The van der Waals surface area contributed by atoms with E-state index in [1.807, 2.05) is 19.1 Å². The molecule has 0 unspecified atom stereocenters. The molecule has 0 radical (unpaired) electrons. The average molecular weight is 377 g/mol. The molecule has 0 saturated heterocycles. The molecule has 2 aliphatic rings. The van der Waals surface area contributed by atoms with E-state index in [9.17, 15) is 12.8 Å². The van der Waals surface area contributed by atoms with Crippen LogP contribution in [0.15, 0.2) is 41.3 Å². The number of benzene rings is 2. The number of fused-ring (bicyclic) bond motifs is 2. The minimum absolute atomic E-state index is 0.101. The number of hydrogen-bond donors (Lipinski definition) is 0. The van der Waals surface area contributed by atoms with E-state index < -0.39 is 15.8 Å². The van der Waals surface area contributed by atoms with E-state index >= 15 is 0 Å². The van der Waals surface area contributed by atoms with Crippen LogP contribution in [0.1, 0.15) is 30.5 Å². The molecule has 0 aliphatic carbocycles. The third kappa shape index (κ3) is 2.95. The molecule has 26 heavy (non-hydrogen) atoms. The molecule has 4 rings (SSSR count). The summed E-state index contributed by atoms with van der Waals surface area (Å²) in [5.74, 6) is 0.929. The first-order valence-corrected chi connectivity index (χ1v) is 10.1. The lowest BCUT2D eigenvalue weighted by Crippen LogP contribution is -2.38. The van der Waals surface area contributed by atoms with Gasteiger partial charge in [-0.05, 0) is 60.9 Å². The minimum Gasteiger partial charge on any atom is -0.490 e. The molecule has 5 nitrogen and oxygen atoms in total. The molecule has 1 atom stereocenters. The van der Waals surface area contributed by atoms with Crippen LogP contribution in [0, 0.1) is 5.82 Å². The van der Waals surface area contributed by atoms with Crippen LogP contribution in [-0.4, -0.2) is 32.5 Å². The maximum Gasteiger partial charge on any atom is 0.243 e. The van der Waals surface area contributed by atoms with Gasteiger partial charge in [-0.2, -0.15) is 4.31 Å². The molecule has 2 aliphatic heterocycles. The average Bonchev–Trinajstić information content (AvgIpc) is 2.85. The second-order valence-corrected chi connectivity index (χ2v) is 8.43. The van der Waals surface area contributed by atoms with Crippen molar-refractivity contribution in [3.05, 3.63) is 53.3 Å². The van der Waals surface area contributed by atoms with Crippen LogP contribution in [0.5, 0.6) is 11.5 Å². The van der Waals surface area contributed by atoms with E-state index in [0.29, 0.717) is 31.9 Å². The Kier molecular flexibility index (Phi) is 4.36. The fourth-order valence-electron chi connectivity index (χ4n) is 3.52. The van der Waals surface area contributed by atoms with Gasteiger partial charge in [-0.1, -0.05) is 0 Å². The highest BCUT2D eigenvalue weighted by atomic mass is 32.2. The summed E-state index contributed by atoms with van der Waals surface area (Å²) >= 11 is 0. The molecular weight excluding hydrogens is 357 g/mol. The monoisotopic (exact) mass is 377 g/mol. The Balaban J connectivity index is 1.70. The zero-order valence-electron chi connectivity index (χ0n) is 14.4. The molecule has 0 N–H and O–H groups in total. The Bertz CT molecular complexity index is 927. The lowest BCUT2D eigenvalue weighted by molar-refractivity contribution is 0.296. The largest absolute Gasteiger partial charge is 0.490 e. The predicted molar refractivity (Wildman–Crippen MR) is 94.5 cm³/mol. The molecule has 2 heterocycles. The summed E-state index contributed by atoms with van der Waals surface area (Å²) in [6, 6.07) is 8.47. The topological polar surface area (TPSA) is 55.8 Å². The first-order valence-electron chi connectivity index (χ1n) is 8.66. The first kappa shape index (κ1) is 17.3. The van der Waals surface area contributed by atoms with Crippen LogP contribution in [-0.2, 0) is 16.4 Å². The fraction of sp³-hybridized carbons (Fsp3) is 0.368. The van der Waals surface area contributed by atoms with E-state index in [4.69, 9.17) is 9.47 Å². The van der Waals surface area contributed by atoms with Gasteiger partial charge in [-0.25, -0.2) is 12.8 Å². The summed E-state index contributed by atoms with van der Waals surface area (Å²) in [5.41, 5.74) is 2.00. The Labute approximate surface area is 152 Å². The van der Waals surface area contributed by atoms with Gasteiger partial charge >= 0.3 is 0 Å². The highest BCUT2D eigenvalue weighted by Crippen LogP contribution is 2.40. The molecule has 7 heteroatoms. The second kappa shape index (κ2) is 6.55. The van der Waals surface area contributed by atoms with Gasteiger partial charge < -0.3 is 9.47 Å². The smallest absolute Gasteiger partial charge is 0.243 e. The van der Waals surface area contributed by atoms with Gasteiger partial charge in [-0.15, -0.1) is 0 Å². The lowest BCUT2D eigenvalue weighted by Gasteiger charge is -2.34. The van der Waals surface area contributed by atoms with Gasteiger partial charge in [0.2, 0.25) is 10.0 Å². The summed E-state index contributed by atoms with van der Waals surface area (Å²) < 4.78 is 52.1. The van der Waals surface area contributed by atoms with Crippen molar-refractivity contribution in [2.45, 2.75) is 30.7 Å². The van der Waals surface area contributed by atoms with Crippen LogP contribution in [0.2, 0.25) is 0 Å². The van der Waals surface area contributed by atoms with Crippen LogP contribution in [0.25, 0.3) is 0 Å². The van der Waals surface area contributed by atoms with Crippen molar-refractivity contribution in [3.8, 4) is 11.5 Å². The number of ether oxygens (including phenoxy) is 2. The van der Waals surface area contributed by atoms with Gasteiger partial charge in [0.05, 0.1) is 18.1 Å². The third-order valence-electron chi connectivity index (χ3n) is 4.91. The molecule has 138 valence electrons. The quantitative estimate of drug-likeness (QED) is 0.806. The van der Waals surface area contributed by atoms with E-state index in [1.165, 1.54) is 28.6 Å². The zero-order chi connectivity index (χ0) is 18.3. The van der Waals surface area contributed by atoms with E-state index in [-0.39, 0.29) is 10.9 Å². The molecule has 0 amide bonds. The molecule has 0 saturated carbocycles. The fourth-order valence-corrected chi connectivity index (χ4v) is 5.13. The van der Waals surface area contributed by atoms with E-state index in [2.05, 4.69) is 0 Å². The highest BCUT2D eigenvalue weighted by molar-refractivity contribution is 7.89. The maximum absolute atomic E-state index is 13.2. The normalized spacial score (nSPS) is 20.3. The third-order valence-corrected chi connectivity index (χ3v) is 6.90. The summed E-state index contributed by atoms with van der Waals surface area (Å²) in [6.45, 7) is 3.43. The maximum atomic E-state index is 13.2. The number of halogens is 1. The molecule has 0 spiro atoms. The van der Waals surface area contributed by atoms with Crippen LogP contribution < -0.4 is 9.47 Å². The first-order chi connectivity index (χ1) is 12.5. The van der Waals surface area contributed by atoms with Crippen molar-refractivity contribution in [3.63, 3.8) is 0 Å². The number of hydrogen-bond acceptors (Lipinski definition) is 4. The SMILES string of the molecule is C[C@H]1c2cc3c(cc2CCN1S(=O)(=O)c1ccc(F)cc1)OCCCO3. The molecular formula is C19H20FNO4S. The molecule has 0 fully saturated rings. The predicted octanol–water partition coefficient (Wildman–Crippen LogP) is 3.30. The summed E-state index contributed by atoms with van der Waals surface area (Å²) in [6.07, 6.45) is 1.41. The van der Waals surface area contributed by atoms with E-state index in [1.54, 1.807) is 0 Å². The standard InChI is InChI=1S/C19H20FNO4S/c1-13-17-12-19-18(24-9-2-10-25-19)11-14(17)7-8-21(13)26(22,23)16-5-3-15(20)4-6-16/h3-6,11-13H,2,7-10H2,1H3/t13-/m0/s1. The van der Waals surface area contributed by atoms with Crippen molar-refractivity contribution < 1.29 is 22.3 Å². The zero-order valence-corrected chi connectivity index (χ0v) is 15.3. The summed E-state index contributed by atoms with van der Waals surface area (Å²) in [7, 11) is -3.70. The van der Waals surface area contributed by atoms with Crippen molar-refractivity contribution in [1.29, 1.82) is 0 Å². The van der Waals surface area contributed by atoms with Crippen molar-refractivity contribution in [2.75, 3.05) is 19.8 Å². The van der Waals surface area contributed by atoms with Gasteiger partial charge in [0.25, 0.3) is 0 Å². The van der Waals surface area contributed by atoms with Crippen LogP contribution in [0.4, 0.5) is 4.39 Å². The second-order valence-electron chi connectivity index (χ2n) is 6.54. The van der Waals surface area contributed by atoms with E-state index in [0.717, 1.165) is 23.3 Å². The van der Waals surface area contributed by atoms with Crippen molar-refractivity contribution >= 4 is 10.0 Å². The lowest BCUT2D eigenvalue weighted by atomic mass is 9.94. The molecule has 2 aromatic rings. The Hall–Kier alpha value is -2.12. The summed E-state index contributed by atoms with van der Waals surface area (Å²) in [4.78, 5) is 0.101. The van der Waals surface area contributed by atoms with Gasteiger partial charge in [-0.3, -0.25) is 0 Å². The summed E-state index contributed by atoms with van der Waals surface area (Å²) in [5, 5.41) is 0. The van der Waals surface area contributed by atoms with Crippen LogP contribution in [0.3, 0.4) is 0 Å². The Morgan fingerprint density at radius 2 is 1.73 bits per heavy atom. The van der Waals surface area contributed by atoms with Crippen molar-refractivity contribution in [2.24, 2.45) is 0 Å². The van der Waals surface area contributed by atoms with Crippen molar-refractivity contribution in [1.82, 2.24) is 4.31 Å². The highest BCUT2D eigenvalue weighted by Gasteiger charge is 2.35. The number of sulfonamides is 1. The molecule has 0 bridgehead atoms.